The summed E-state index contributed by atoms with van der Waals surface area (Å²) >= 11 is 12.3. The van der Waals surface area contributed by atoms with E-state index in [0.717, 1.165) is 0 Å². The van der Waals surface area contributed by atoms with Crippen molar-refractivity contribution in [3.05, 3.63) is 14.9 Å². The highest BCUT2D eigenvalue weighted by Gasteiger charge is 2.00. The van der Waals surface area contributed by atoms with Crippen molar-refractivity contribution >= 4 is 45.8 Å². The second kappa shape index (κ2) is 4.70. The Bertz CT molecular complexity index is 92.0. The molecule has 1 nitrogen and oxygen atoms in total. The van der Waals surface area contributed by atoms with Crippen LogP contribution in [0.15, 0.2) is 9.84 Å². The van der Waals surface area contributed by atoms with E-state index in [1.807, 2.05) is 29.5 Å². The highest BCUT2D eigenvalue weighted by Crippen LogP contribution is 2.21. The molecule has 0 aliphatic carbocycles. The summed E-state index contributed by atoms with van der Waals surface area (Å²) in [6.45, 7) is 1.83. The van der Waals surface area contributed by atoms with E-state index in [0.29, 0.717) is 3.77 Å². The van der Waals surface area contributed by atoms with E-state index in [9.17, 15) is 0 Å². The van der Waals surface area contributed by atoms with Crippen molar-refractivity contribution < 1.29 is 4.74 Å². The first-order valence-electron chi connectivity index (χ1n) is 1.84. The first kappa shape index (κ1) is 8.85. The Morgan fingerprint density at radius 1 is 1.62 bits per heavy atom. The number of hydrogen-bond acceptors (Lipinski definition) is 1. The molecule has 0 heterocycles. The quantitative estimate of drug-likeness (QED) is 0.550. The molecule has 0 aromatic heterocycles. The molecule has 47 valence electrons. The Morgan fingerprint density at radius 3 is 2.25 bits per heavy atom. The van der Waals surface area contributed by atoms with E-state index in [-0.39, 0.29) is 5.02 Å². The van der Waals surface area contributed by atoms with Gasteiger partial charge in [-0.2, -0.15) is 0 Å². The van der Waals surface area contributed by atoms with Gasteiger partial charge >= 0.3 is 5.02 Å². The lowest BCUT2D eigenvalue weighted by Gasteiger charge is -1.99. The van der Waals surface area contributed by atoms with Gasteiger partial charge in [0.1, 0.15) is 0 Å². The molecular formula is C4H4Cl2IO. The van der Waals surface area contributed by atoms with Gasteiger partial charge in [-0.1, -0.05) is 23.2 Å². The van der Waals surface area contributed by atoms with Crippen LogP contribution in [0.25, 0.3) is 0 Å². The molecule has 0 bridgehead atoms. The van der Waals surface area contributed by atoms with Gasteiger partial charge in [0, 0.05) is 0 Å². The Morgan fingerprint density at radius 2 is 2.12 bits per heavy atom. The summed E-state index contributed by atoms with van der Waals surface area (Å²) in [5.74, 6) is 0. The minimum Gasteiger partial charge on any atom is -0.446 e. The number of hydrogen-bond donors (Lipinski definition) is 0. The lowest BCUT2D eigenvalue weighted by molar-refractivity contribution is 0.347. The van der Waals surface area contributed by atoms with Crippen molar-refractivity contribution in [2.24, 2.45) is 0 Å². The average molecular weight is 266 g/mol. The highest BCUT2D eigenvalue weighted by atomic mass is 127. The van der Waals surface area contributed by atoms with Gasteiger partial charge in [0.15, 0.2) is 3.77 Å². The molecule has 4 heteroatoms. The van der Waals surface area contributed by atoms with E-state index in [1.54, 1.807) is 6.08 Å². The summed E-state index contributed by atoms with van der Waals surface area (Å²) in [6, 6.07) is 0. The Kier molecular flexibility index (Phi) is 5.20. The number of allylic oxidation sites excluding steroid dienone is 1. The van der Waals surface area contributed by atoms with E-state index >= 15 is 0 Å². The van der Waals surface area contributed by atoms with Crippen molar-refractivity contribution in [1.29, 1.82) is 0 Å². The molecule has 0 fully saturated rings. The topological polar surface area (TPSA) is 9.23 Å². The van der Waals surface area contributed by atoms with Gasteiger partial charge < -0.3 is 4.74 Å². The summed E-state index contributed by atoms with van der Waals surface area (Å²) < 4.78 is 5.36. The smallest absolute Gasteiger partial charge is 0.329 e. The summed E-state index contributed by atoms with van der Waals surface area (Å²) in [4.78, 5) is 0. The van der Waals surface area contributed by atoms with Crippen LogP contribution in [0, 0.1) is 5.02 Å². The third-order valence-electron chi connectivity index (χ3n) is 0.402. The molecule has 0 amide bonds. The Hall–Kier alpha value is 0.850. The summed E-state index contributed by atoms with van der Waals surface area (Å²) in [7, 11) is 0. The molecular weight excluding hydrogens is 262 g/mol. The maximum Gasteiger partial charge on any atom is 0.329 e. The van der Waals surface area contributed by atoms with Crippen LogP contribution in [0.3, 0.4) is 0 Å². The highest BCUT2D eigenvalue weighted by molar-refractivity contribution is 14.1. The SMILES string of the molecule is C/C=C(/I)O[C](Cl)Cl. The first-order chi connectivity index (χ1) is 3.66. The Labute approximate surface area is 72.1 Å². The molecule has 0 unspecified atom stereocenters. The van der Waals surface area contributed by atoms with Crippen molar-refractivity contribution in [2.75, 3.05) is 0 Å². The van der Waals surface area contributed by atoms with Gasteiger partial charge in [0.25, 0.3) is 0 Å². The van der Waals surface area contributed by atoms with Crippen molar-refractivity contribution in [2.45, 2.75) is 6.92 Å². The molecule has 0 atom stereocenters. The molecule has 0 aromatic carbocycles. The largest absolute Gasteiger partial charge is 0.446 e. The second-order valence-corrected chi connectivity index (χ2v) is 2.86. The molecule has 0 aliphatic heterocycles. The van der Waals surface area contributed by atoms with E-state index in [2.05, 4.69) is 0 Å². The van der Waals surface area contributed by atoms with Crippen molar-refractivity contribution in [1.82, 2.24) is 0 Å². The molecule has 0 saturated carbocycles. The predicted molar refractivity (Wildman–Crippen MR) is 43.8 cm³/mol. The van der Waals surface area contributed by atoms with Crippen LogP contribution in [0.5, 0.6) is 0 Å². The molecule has 8 heavy (non-hydrogen) atoms. The van der Waals surface area contributed by atoms with Crippen molar-refractivity contribution in [3.8, 4) is 0 Å². The second-order valence-electron chi connectivity index (χ2n) is 0.921. The fourth-order valence-corrected chi connectivity index (χ4v) is 0.779. The Balaban J connectivity index is 3.39. The minimum atomic E-state index is -0.0764. The van der Waals surface area contributed by atoms with Crippen molar-refractivity contribution in [3.63, 3.8) is 0 Å². The molecule has 0 aromatic rings. The maximum atomic E-state index is 5.17. The molecule has 0 saturated heterocycles. The van der Waals surface area contributed by atoms with Gasteiger partial charge in [-0.15, -0.1) is 0 Å². The zero-order valence-electron chi connectivity index (χ0n) is 4.12. The van der Waals surface area contributed by atoms with Gasteiger partial charge in [0.2, 0.25) is 0 Å². The molecule has 0 spiro atoms. The summed E-state index contributed by atoms with van der Waals surface area (Å²) in [5, 5.41) is -0.0764. The average Bonchev–Trinajstić information content (AvgIpc) is 1.65. The molecule has 1 radical (unpaired) electrons. The van der Waals surface area contributed by atoms with Crippen LogP contribution >= 0.6 is 45.8 Å². The number of halogens is 3. The van der Waals surface area contributed by atoms with Crippen LogP contribution in [-0.4, -0.2) is 0 Å². The van der Waals surface area contributed by atoms with Crippen LogP contribution in [-0.2, 0) is 4.74 Å². The third-order valence-corrected chi connectivity index (χ3v) is 1.40. The van der Waals surface area contributed by atoms with Crippen LogP contribution in [0.2, 0.25) is 0 Å². The van der Waals surface area contributed by atoms with Gasteiger partial charge in [0.05, 0.1) is 0 Å². The van der Waals surface area contributed by atoms with E-state index in [1.165, 1.54) is 0 Å². The van der Waals surface area contributed by atoms with Gasteiger partial charge in [-0.3, -0.25) is 0 Å². The lowest BCUT2D eigenvalue weighted by Crippen LogP contribution is -1.80. The molecule has 0 rings (SSSR count). The summed E-state index contributed by atoms with van der Waals surface area (Å²) in [5.41, 5.74) is 0. The first-order valence-corrected chi connectivity index (χ1v) is 3.68. The maximum absolute atomic E-state index is 5.17. The van der Waals surface area contributed by atoms with Crippen LogP contribution in [0.4, 0.5) is 0 Å². The zero-order valence-corrected chi connectivity index (χ0v) is 7.79. The third kappa shape index (κ3) is 5.00. The summed E-state index contributed by atoms with van der Waals surface area (Å²) in [6.07, 6.45) is 1.76. The normalized spacial score (nSPS) is 12.4. The minimum absolute atomic E-state index is 0.0764. The van der Waals surface area contributed by atoms with E-state index in [4.69, 9.17) is 27.9 Å². The van der Waals surface area contributed by atoms with Crippen LogP contribution in [0.1, 0.15) is 6.92 Å². The predicted octanol–water partition coefficient (Wildman–Crippen LogP) is 3.22. The fourth-order valence-electron chi connectivity index (χ4n) is 0.133. The molecule has 0 aliphatic rings. The lowest BCUT2D eigenvalue weighted by atomic mass is 10.7. The van der Waals surface area contributed by atoms with E-state index < -0.39 is 0 Å². The van der Waals surface area contributed by atoms with Gasteiger partial charge in [-0.05, 0) is 35.6 Å². The standard InChI is InChI=1S/C4H4Cl2IO/c1-2-3(7)8-4(5)6/h2H,1H3/b3-2-. The van der Waals surface area contributed by atoms with Crippen LogP contribution < -0.4 is 0 Å². The monoisotopic (exact) mass is 265 g/mol. The zero-order chi connectivity index (χ0) is 6.57. The molecule has 0 N–H and O–H groups in total. The number of ether oxygens (including phenoxy) is 1. The number of rotatable bonds is 2. The fraction of sp³-hybridized carbons (Fsp3) is 0.250. The van der Waals surface area contributed by atoms with Gasteiger partial charge in [-0.25, -0.2) is 0 Å².